The van der Waals surface area contributed by atoms with Crippen molar-refractivity contribution in [3.05, 3.63) is 35.4 Å². The van der Waals surface area contributed by atoms with Gasteiger partial charge in [0.25, 0.3) is 5.91 Å². The van der Waals surface area contributed by atoms with Crippen molar-refractivity contribution < 1.29 is 19.5 Å². The van der Waals surface area contributed by atoms with Gasteiger partial charge in [0.2, 0.25) is 0 Å². The molecule has 0 saturated carbocycles. The van der Waals surface area contributed by atoms with Crippen LogP contribution in [-0.2, 0) is 4.79 Å². The highest BCUT2D eigenvalue weighted by molar-refractivity contribution is 5.98. The third kappa shape index (κ3) is 2.57. The Kier molecular flexibility index (Phi) is 3.88. The molecule has 2 atom stereocenters. The Morgan fingerprint density at radius 3 is 2.15 bits per heavy atom. The topological polar surface area (TPSA) is 74.7 Å². The SMILES string of the molecule is CC(=O)c1ccc(C(=O)N2CCC(C(=O)O)C2C)cc1. The van der Waals surface area contributed by atoms with E-state index < -0.39 is 11.9 Å². The Hall–Kier alpha value is -2.17. The minimum absolute atomic E-state index is 0.0514. The van der Waals surface area contributed by atoms with Gasteiger partial charge in [0.15, 0.2) is 5.78 Å². The maximum Gasteiger partial charge on any atom is 0.308 e. The van der Waals surface area contributed by atoms with Crippen LogP contribution in [0.4, 0.5) is 0 Å². The maximum atomic E-state index is 12.4. The first kappa shape index (κ1) is 14.2. The molecule has 1 N–H and O–H groups in total. The highest BCUT2D eigenvalue weighted by Gasteiger charge is 2.38. The van der Waals surface area contributed by atoms with Gasteiger partial charge in [-0.2, -0.15) is 0 Å². The lowest BCUT2D eigenvalue weighted by Gasteiger charge is -2.23. The van der Waals surface area contributed by atoms with Crippen molar-refractivity contribution in [1.29, 1.82) is 0 Å². The molecular weight excluding hydrogens is 258 g/mol. The first-order valence-electron chi connectivity index (χ1n) is 6.56. The molecule has 1 heterocycles. The molecule has 0 radical (unpaired) electrons. The zero-order valence-electron chi connectivity index (χ0n) is 11.5. The summed E-state index contributed by atoms with van der Waals surface area (Å²) >= 11 is 0. The number of hydrogen-bond acceptors (Lipinski definition) is 3. The fourth-order valence-corrected chi connectivity index (χ4v) is 2.57. The highest BCUT2D eigenvalue weighted by atomic mass is 16.4. The van der Waals surface area contributed by atoms with E-state index >= 15 is 0 Å². The molecule has 2 unspecified atom stereocenters. The molecule has 1 aliphatic heterocycles. The van der Waals surface area contributed by atoms with E-state index in [-0.39, 0.29) is 17.7 Å². The Balaban J connectivity index is 2.16. The number of Topliss-reactive ketones (excluding diaryl/α,β-unsaturated/α-hetero) is 1. The molecule has 2 rings (SSSR count). The average molecular weight is 275 g/mol. The molecule has 1 aromatic carbocycles. The van der Waals surface area contributed by atoms with Crippen molar-refractivity contribution in [2.75, 3.05) is 6.54 Å². The number of carboxylic acids is 1. The van der Waals surface area contributed by atoms with Gasteiger partial charge in [0.05, 0.1) is 5.92 Å². The molecule has 20 heavy (non-hydrogen) atoms. The quantitative estimate of drug-likeness (QED) is 0.854. The molecule has 5 heteroatoms. The Labute approximate surface area is 117 Å². The first-order chi connectivity index (χ1) is 9.41. The largest absolute Gasteiger partial charge is 0.481 e. The summed E-state index contributed by atoms with van der Waals surface area (Å²) < 4.78 is 0. The molecule has 1 aromatic rings. The summed E-state index contributed by atoms with van der Waals surface area (Å²) in [5.41, 5.74) is 1.03. The summed E-state index contributed by atoms with van der Waals surface area (Å²) in [6.45, 7) is 3.68. The Bertz CT molecular complexity index is 549. The van der Waals surface area contributed by atoms with E-state index in [1.807, 2.05) is 0 Å². The standard InChI is InChI=1S/C15H17NO4/c1-9-13(15(19)20)7-8-16(9)14(18)12-5-3-11(4-6-12)10(2)17/h3-6,9,13H,7-8H2,1-2H3,(H,19,20). The monoisotopic (exact) mass is 275 g/mol. The number of hydrogen-bond donors (Lipinski definition) is 1. The number of rotatable bonds is 3. The number of benzene rings is 1. The summed E-state index contributed by atoms with van der Waals surface area (Å²) in [6.07, 6.45) is 0.480. The molecule has 0 aliphatic carbocycles. The van der Waals surface area contributed by atoms with Crippen LogP contribution in [0.25, 0.3) is 0 Å². The van der Waals surface area contributed by atoms with E-state index in [0.29, 0.717) is 24.1 Å². The minimum Gasteiger partial charge on any atom is -0.481 e. The molecular formula is C15H17NO4. The van der Waals surface area contributed by atoms with Gasteiger partial charge >= 0.3 is 5.97 Å². The van der Waals surface area contributed by atoms with Crippen LogP contribution in [0.2, 0.25) is 0 Å². The van der Waals surface area contributed by atoms with Gasteiger partial charge in [-0.25, -0.2) is 0 Å². The third-order valence-corrected chi connectivity index (χ3v) is 3.87. The number of ketones is 1. The number of carbonyl (C=O) groups excluding carboxylic acids is 2. The number of aliphatic carboxylic acids is 1. The van der Waals surface area contributed by atoms with Gasteiger partial charge in [0.1, 0.15) is 0 Å². The summed E-state index contributed by atoms with van der Waals surface area (Å²) in [5.74, 6) is -1.60. The molecule has 0 aromatic heterocycles. The summed E-state index contributed by atoms with van der Waals surface area (Å²) in [6, 6.07) is 6.14. The normalized spacial score (nSPS) is 21.8. The number of likely N-dealkylation sites (tertiary alicyclic amines) is 1. The van der Waals surface area contributed by atoms with Gasteiger partial charge in [0, 0.05) is 23.7 Å². The van der Waals surface area contributed by atoms with E-state index in [4.69, 9.17) is 5.11 Å². The van der Waals surface area contributed by atoms with E-state index in [9.17, 15) is 14.4 Å². The summed E-state index contributed by atoms with van der Waals surface area (Å²) in [4.78, 5) is 36.2. The van der Waals surface area contributed by atoms with Crippen molar-refractivity contribution in [1.82, 2.24) is 4.90 Å². The fourth-order valence-electron chi connectivity index (χ4n) is 2.57. The molecule has 1 amide bonds. The van der Waals surface area contributed by atoms with Crippen LogP contribution in [0.15, 0.2) is 24.3 Å². The Morgan fingerprint density at radius 2 is 1.70 bits per heavy atom. The average Bonchev–Trinajstić information content (AvgIpc) is 2.80. The van der Waals surface area contributed by atoms with E-state index in [0.717, 1.165) is 0 Å². The number of amides is 1. The van der Waals surface area contributed by atoms with Gasteiger partial charge < -0.3 is 10.0 Å². The van der Waals surface area contributed by atoms with Gasteiger partial charge in [-0.05, 0) is 32.4 Å². The van der Waals surface area contributed by atoms with Crippen LogP contribution in [0.3, 0.4) is 0 Å². The molecule has 106 valence electrons. The molecule has 1 aliphatic rings. The molecule has 1 saturated heterocycles. The van der Waals surface area contributed by atoms with E-state index in [2.05, 4.69) is 0 Å². The van der Waals surface area contributed by atoms with Crippen molar-refractivity contribution in [3.8, 4) is 0 Å². The number of carboxylic acid groups (broad SMARTS) is 1. The van der Waals surface area contributed by atoms with Crippen molar-refractivity contribution in [2.24, 2.45) is 5.92 Å². The lowest BCUT2D eigenvalue weighted by molar-refractivity contribution is -0.142. The fraction of sp³-hybridized carbons (Fsp3) is 0.400. The smallest absolute Gasteiger partial charge is 0.308 e. The van der Waals surface area contributed by atoms with Crippen molar-refractivity contribution in [2.45, 2.75) is 26.3 Å². The van der Waals surface area contributed by atoms with Crippen LogP contribution < -0.4 is 0 Å². The van der Waals surface area contributed by atoms with E-state index in [1.54, 1.807) is 36.1 Å². The Morgan fingerprint density at radius 1 is 1.15 bits per heavy atom. The number of carbonyl (C=O) groups is 3. The molecule has 0 spiro atoms. The van der Waals surface area contributed by atoms with E-state index in [1.165, 1.54) is 6.92 Å². The molecule has 5 nitrogen and oxygen atoms in total. The van der Waals surface area contributed by atoms with Crippen LogP contribution >= 0.6 is 0 Å². The maximum absolute atomic E-state index is 12.4. The summed E-state index contributed by atoms with van der Waals surface area (Å²) in [5, 5.41) is 9.08. The second-order valence-corrected chi connectivity index (χ2v) is 5.11. The van der Waals surface area contributed by atoms with Gasteiger partial charge in [-0.15, -0.1) is 0 Å². The van der Waals surface area contributed by atoms with Crippen molar-refractivity contribution in [3.63, 3.8) is 0 Å². The minimum atomic E-state index is -0.861. The van der Waals surface area contributed by atoms with Crippen molar-refractivity contribution >= 4 is 17.7 Å². The van der Waals surface area contributed by atoms with Gasteiger partial charge in [-0.1, -0.05) is 12.1 Å². The second kappa shape index (κ2) is 5.45. The van der Waals surface area contributed by atoms with Crippen LogP contribution in [0, 0.1) is 5.92 Å². The lowest BCUT2D eigenvalue weighted by atomic mass is 10.0. The second-order valence-electron chi connectivity index (χ2n) is 5.11. The van der Waals surface area contributed by atoms with Crippen LogP contribution in [-0.4, -0.2) is 40.3 Å². The highest BCUT2D eigenvalue weighted by Crippen LogP contribution is 2.26. The summed E-state index contributed by atoms with van der Waals surface area (Å²) in [7, 11) is 0. The first-order valence-corrected chi connectivity index (χ1v) is 6.56. The third-order valence-electron chi connectivity index (χ3n) is 3.87. The predicted octanol–water partition coefficient (Wildman–Crippen LogP) is 1.82. The molecule has 1 fully saturated rings. The van der Waals surface area contributed by atoms with Crippen LogP contribution in [0.5, 0.6) is 0 Å². The number of nitrogens with zero attached hydrogens (tertiary/aromatic N) is 1. The molecule has 0 bridgehead atoms. The zero-order chi connectivity index (χ0) is 14.9. The zero-order valence-corrected chi connectivity index (χ0v) is 11.5. The lowest BCUT2D eigenvalue weighted by Crippen LogP contribution is -2.37. The van der Waals surface area contributed by atoms with Crippen LogP contribution in [0.1, 0.15) is 41.0 Å². The van der Waals surface area contributed by atoms with Gasteiger partial charge in [-0.3, -0.25) is 14.4 Å². The predicted molar refractivity (Wildman–Crippen MR) is 72.7 cm³/mol.